The number of hydrogen-bond acceptors (Lipinski definition) is 8. The Balaban J connectivity index is 1.76. The van der Waals surface area contributed by atoms with Crippen LogP contribution in [0, 0.1) is 0 Å². The smallest absolute Gasteiger partial charge is 0.253 e. The van der Waals surface area contributed by atoms with Gasteiger partial charge in [-0.15, -0.1) is 23.5 Å². The Hall–Kier alpha value is -0.320. The quantitative estimate of drug-likeness (QED) is 0.250. The highest BCUT2D eigenvalue weighted by molar-refractivity contribution is 8.67. The van der Waals surface area contributed by atoms with Crippen LogP contribution in [0.2, 0.25) is 0 Å². The van der Waals surface area contributed by atoms with E-state index in [0.717, 1.165) is 28.1 Å². The van der Waals surface area contributed by atoms with Crippen molar-refractivity contribution >= 4 is 69.8 Å². The van der Waals surface area contributed by atoms with Crippen LogP contribution in [0.1, 0.15) is 53.4 Å². The van der Waals surface area contributed by atoms with Crippen LogP contribution in [0.15, 0.2) is 0 Å². The zero-order valence-electron chi connectivity index (χ0n) is 15.9. The fourth-order valence-electron chi connectivity index (χ4n) is 3.21. The maximum atomic E-state index is 12.4. The largest absolute Gasteiger partial charge is 0.279 e. The molecule has 0 spiro atoms. The summed E-state index contributed by atoms with van der Waals surface area (Å²) >= 11 is 7.05. The first-order valence-electron chi connectivity index (χ1n) is 9.00. The van der Waals surface area contributed by atoms with E-state index in [2.05, 4.69) is 25.5 Å². The van der Waals surface area contributed by atoms with Crippen molar-refractivity contribution in [2.24, 2.45) is 0 Å². The number of thiol groups is 1. The van der Waals surface area contributed by atoms with Gasteiger partial charge in [-0.2, -0.15) is 0 Å². The predicted molar refractivity (Wildman–Crippen MR) is 116 cm³/mol. The topological polar surface area (TPSA) is 74.8 Å². The molecule has 2 aliphatic heterocycles. The normalized spacial score (nSPS) is 25.9. The summed E-state index contributed by atoms with van der Waals surface area (Å²) in [7, 11) is 0.866. The Morgan fingerprint density at radius 2 is 1.37 bits per heavy atom. The zero-order valence-corrected chi connectivity index (χ0v) is 19.3. The van der Waals surface area contributed by atoms with E-state index in [-0.39, 0.29) is 63.5 Å². The van der Waals surface area contributed by atoms with E-state index < -0.39 is 0 Å². The number of carbonyl (C=O) groups excluding carboxylic acids is 4. The molecule has 0 aromatic carbocycles. The van der Waals surface area contributed by atoms with E-state index >= 15 is 0 Å². The first-order valence-corrected chi connectivity index (χ1v) is 12.7. The Morgan fingerprint density at radius 3 is 1.78 bits per heavy atom. The average molecular weight is 451 g/mol. The van der Waals surface area contributed by atoms with Crippen LogP contribution in [-0.2, 0) is 19.2 Å². The number of imide groups is 2. The van der Waals surface area contributed by atoms with Gasteiger partial charge in [-0.3, -0.25) is 24.1 Å². The molecule has 2 aliphatic rings. The summed E-state index contributed by atoms with van der Waals surface area (Å²) in [5, 5.41) is -0.142. The standard InChI is InChI=1S/C17H26N2O4S4/c1-9(2)18-14(20)7-12(16(18)22)25-10(3)5-6-11(4)26-13-8-15(21)19(27-24)17(13)23/h9-13,24H,5-8H2,1-4H3. The van der Waals surface area contributed by atoms with Gasteiger partial charge in [0.05, 0.1) is 10.5 Å². The maximum absolute atomic E-state index is 12.4. The van der Waals surface area contributed by atoms with Crippen LogP contribution in [0.4, 0.5) is 0 Å². The van der Waals surface area contributed by atoms with Crippen LogP contribution in [0.5, 0.6) is 0 Å². The molecule has 2 heterocycles. The minimum absolute atomic E-state index is 0.0753. The second-order valence-electron chi connectivity index (χ2n) is 7.16. The fraction of sp³-hybridized carbons (Fsp3) is 0.765. The SMILES string of the molecule is CC(CCC(C)SC1CC(=O)N(C(C)C)C1=O)SC1CC(=O)N(SS)C1=O. The van der Waals surface area contributed by atoms with Gasteiger partial charge in [-0.25, -0.2) is 4.31 Å². The highest BCUT2D eigenvalue weighted by Crippen LogP contribution is 2.36. The summed E-state index contributed by atoms with van der Waals surface area (Å²) < 4.78 is 1.12. The zero-order chi connectivity index (χ0) is 20.3. The monoisotopic (exact) mass is 450 g/mol. The number of carbonyl (C=O) groups is 4. The molecule has 2 rings (SSSR count). The molecular formula is C17H26N2O4S4. The summed E-state index contributed by atoms with van der Waals surface area (Å²) in [4.78, 5) is 49.7. The van der Waals surface area contributed by atoms with E-state index in [0.29, 0.717) is 0 Å². The molecule has 0 aromatic rings. The van der Waals surface area contributed by atoms with Gasteiger partial charge in [0.25, 0.3) is 5.91 Å². The molecule has 4 amide bonds. The van der Waals surface area contributed by atoms with Crippen molar-refractivity contribution in [1.29, 1.82) is 0 Å². The molecule has 0 aromatic heterocycles. The van der Waals surface area contributed by atoms with Gasteiger partial charge in [-0.1, -0.05) is 25.5 Å². The van der Waals surface area contributed by atoms with Crippen molar-refractivity contribution in [3.8, 4) is 0 Å². The molecule has 0 aliphatic carbocycles. The second kappa shape index (κ2) is 9.93. The lowest BCUT2D eigenvalue weighted by molar-refractivity contribution is -0.140. The minimum atomic E-state index is -0.330. The lowest BCUT2D eigenvalue weighted by atomic mass is 10.2. The molecule has 10 heteroatoms. The molecule has 2 fully saturated rings. The van der Waals surface area contributed by atoms with Gasteiger partial charge in [-0.05, 0) is 26.7 Å². The maximum Gasteiger partial charge on any atom is 0.253 e. The number of likely N-dealkylation sites (tertiary alicyclic amines) is 1. The number of thioether (sulfide) groups is 2. The van der Waals surface area contributed by atoms with E-state index in [1.807, 2.05) is 13.8 Å². The molecule has 0 saturated carbocycles. The van der Waals surface area contributed by atoms with E-state index in [4.69, 9.17) is 0 Å². The van der Waals surface area contributed by atoms with Crippen LogP contribution in [0.25, 0.3) is 0 Å². The molecule has 0 radical (unpaired) electrons. The van der Waals surface area contributed by atoms with E-state index in [1.54, 1.807) is 11.8 Å². The van der Waals surface area contributed by atoms with E-state index in [9.17, 15) is 19.2 Å². The summed E-state index contributed by atoms with van der Waals surface area (Å²) in [5.41, 5.74) is 0. The third-order valence-corrected chi connectivity index (χ3v) is 8.41. The first kappa shape index (κ1) is 23.0. The molecular weight excluding hydrogens is 424 g/mol. The molecule has 0 bridgehead atoms. The minimum Gasteiger partial charge on any atom is -0.279 e. The molecule has 0 N–H and O–H groups in total. The van der Waals surface area contributed by atoms with Crippen molar-refractivity contribution in [3.05, 3.63) is 0 Å². The van der Waals surface area contributed by atoms with Crippen LogP contribution in [-0.4, -0.2) is 59.9 Å². The molecule has 4 atom stereocenters. The molecule has 27 heavy (non-hydrogen) atoms. The van der Waals surface area contributed by atoms with Gasteiger partial charge < -0.3 is 0 Å². The fourth-order valence-corrected chi connectivity index (χ4v) is 6.76. The number of nitrogens with zero attached hydrogens (tertiary/aromatic N) is 2. The van der Waals surface area contributed by atoms with Crippen molar-refractivity contribution in [2.75, 3.05) is 0 Å². The second-order valence-corrected chi connectivity index (χ2v) is 11.5. The Bertz CT molecular complexity index is 616. The predicted octanol–water partition coefficient (Wildman–Crippen LogP) is 3.17. The molecule has 2 saturated heterocycles. The van der Waals surface area contributed by atoms with Gasteiger partial charge in [0.2, 0.25) is 17.7 Å². The van der Waals surface area contributed by atoms with Crippen molar-refractivity contribution in [2.45, 2.75) is 80.4 Å². The van der Waals surface area contributed by atoms with Crippen LogP contribution >= 0.6 is 46.2 Å². The van der Waals surface area contributed by atoms with Crippen molar-refractivity contribution < 1.29 is 19.2 Å². The summed E-state index contributed by atoms with van der Waals surface area (Å²) in [5.74, 6) is -0.524. The Labute approximate surface area is 178 Å². The highest BCUT2D eigenvalue weighted by Gasteiger charge is 2.41. The van der Waals surface area contributed by atoms with Gasteiger partial charge >= 0.3 is 0 Å². The third-order valence-electron chi connectivity index (χ3n) is 4.57. The number of rotatable bonds is 9. The number of hydrogen-bond donors (Lipinski definition) is 1. The van der Waals surface area contributed by atoms with Crippen LogP contribution < -0.4 is 0 Å². The van der Waals surface area contributed by atoms with Crippen molar-refractivity contribution in [1.82, 2.24) is 9.21 Å². The Kier molecular flexibility index (Phi) is 8.45. The molecule has 4 unspecified atom stereocenters. The lowest BCUT2D eigenvalue weighted by Crippen LogP contribution is -2.37. The van der Waals surface area contributed by atoms with E-state index in [1.165, 1.54) is 16.7 Å². The Morgan fingerprint density at radius 1 is 0.889 bits per heavy atom. The van der Waals surface area contributed by atoms with Crippen LogP contribution in [0.3, 0.4) is 0 Å². The van der Waals surface area contributed by atoms with Gasteiger partial charge in [0, 0.05) is 40.4 Å². The molecule has 152 valence electrons. The average Bonchev–Trinajstić information content (AvgIpc) is 3.00. The summed E-state index contributed by atoms with van der Waals surface area (Å²) in [6.07, 6.45) is 2.29. The third kappa shape index (κ3) is 5.61. The first-order chi connectivity index (χ1) is 12.6. The van der Waals surface area contributed by atoms with Gasteiger partial charge in [0.1, 0.15) is 0 Å². The van der Waals surface area contributed by atoms with Crippen molar-refractivity contribution in [3.63, 3.8) is 0 Å². The lowest BCUT2D eigenvalue weighted by Gasteiger charge is -2.21. The summed E-state index contributed by atoms with van der Waals surface area (Å²) in [6.45, 7) is 7.84. The number of amides is 4. The highest BCUT2D eigenvalue weighted by atomic mass is 33.1. The molecule has 6 nitrogen and oxygen atoms in total. The summed E-state index contributed by atoms with van der Waals surface area (Å²) in [6, 6.07) is -0.0935. The van der Waals surface area contributed by atoms with Gasteiger partial charge in [0.15, 0.2) is 0 Å².